The molecule has 1 aromatic rings. The molecule has 20 heavy (non-hydrogen) atoms. The van der Waals surface area contributed by atoms with Crippen LogP contribution in [-0.4, -0.2) is 29.7 Å². The number of hydrogen-bond donors (Lipinski definition) is 3. The minimum absolute atomic E-state index is 0.288. The Labute approximate surface area is 117 Å². The van der Waals surface area contributed by atoms with Crippen LogP contribution in [0.25, 0.3) is 0 Å². The maximum atomic E-state index is 12.9. The molecule has 1 aromatic carbocycles. The quantitative estimate of drug-likeness (QED) is 0.745. The van der Waals surface area contributed by atoms with Crippen molar-refractivity contribution in [3.8, 4) is 0 Å². The zero-order chi connectivity index (χ0) is 15.1. The van der Waals surface area contributed by atoms with E-state index in [1.165, 1.54) is 12.1 Å². The van der Waals surface area contributed by atoms with E-state index in [1.807, 2.05) is 0 Å². The van der Waals surface area contributed by atoms with E-state index in [9.17, 15) is 14.0 Å². The first-order valence-electron chi connectivity index (χ1n) is 6.46. The molecule has 0 aromatic heterocycles. The highest BCUT2D eigenvalue weighted by atomic mass is 19.1. The van der Waals surface area contributed by atoms with E-state index in [0.29, 0.717) is 19.4 Å². The first-order valence-corrected chi connectivity index (χ1v) is 6.46. The molecule has 2 amide bonds. The molecule has 0 aliphatic rings. The number of hydrogen-bond acceptors (Lipinski definition) is 2. The van der Waals surface area contributed by atoms with Gasteiger partial charge in [-0.05, 0) is 43.0 Å². The monoisotopic (exact) mass is 282 g/mol. The molecule has 1 rings (SSSR count). The molecule has 0 saturated heterocycles. The second-order valence-corrected chi connectivity index (χ2v) is 4.52. The van der Waals surface area contributed by atoms with Crippen LogP contribution in [0.3, 0.4) is 0 Å². The number of amides is 2. The molecule has 0 radical (unpaired) electrons. The van der Waals surface area contributed by atoms with Gasteiger partial charge in [0.05, 0.1) is 0 Å². The number of carbonyl (C=O) groups excluding carboxylic acids is 1. The SMILES string of the molecule is CC[C@@H](NC(=O)NCCc1ccc(F)cc1C)C(=O)O. The van der Waals surface area contributed by atoms with Crippen molar-refractivity contribution in [1.82, 2.24) is 10.6 Å². The lowest BCUT2D eigenvalue weighted by Gasteiger charge is -2.13. The number of benzene rings is 1. The smallest absolute Gasteiger partial charge is 0.326 e. The molecule has 0 aliphatic heterocycles. The fraction of sp³-hybridized carbons (Fsp3) is 0.429. The van der Waals surface area contributed by atoms with Crippen molar-refractivity contribution in [2.75, 3.05) is 6.54 Å². The van der Waals surface area contributed by atoms with Crippen LogP contribution in [0, 0.1) is 12.7 Å². The molecule has 110 valence electrons. The number of aliphatic carboxylic acids is 1. The third-order valence-electron chi connectivity index (χ3n) is 3.00. The van der Waals surface area contributed by atoms with Gasteiger partial charge in [0.15, 0.2) is 0 Å². The van der Waals surface area contributed by atoms with Gasteiger partial charge in [0.1, 0.15) is 11.9 Å². The van der Waals surface area contributed by atoms with Gasteiger partial charge in [-0.25, -0.2) is 14.0 Å². The minimum atomic E-state index is -1.06. The largest absolute Gasteiger partial charge is 0.480 e. The van der Waals surface area contributed by atoms with E-state index in [-0.39, 0.29) is 5.82 Å². The number of carbonyl (C=O) groups is 2. The Balaban J connectivity index is 2.40. The highest BCUT2D eigenvalue weighted by Gasteiger charge is 2.16. The predicted octanol–water partition coefficient (Wildman–Crippen LogP) is 1.84. The number of halogens is 1. The first-order chi connectivity index (χ1) is 9.43. The van der Waals surface area contributed by atoms with Gasteiger partial charge in [0.25, 0.3) is 0 Å². The molecular formula is C14H19FN2O3. The second kappa shape index (κ2) is 7.47. The summed E-state index contributed by atoms with van der Waals surface area (Å²) in [4.78, 5) is 22.3. The van der Waals surface area contributed by atoms with Crippen LogP contribution < -0.4 is 10.6 Å². The van der Waals surface area contributed by atoms with Crippen LogP contribution in [-0.2, 0) is 11.2 Å². The zero-order valence-electron chi connectivity index (χ0n) is 11.6. The fourth-order valence-corrected chi connectivity index (χ4v) is 1.80. The second-order valence-electron chi connectivity index (χ2n) is 4.52. The van der Waals surface area contributed by atoms with E-state index in [1.54, 1.807) is 19.9 Å². The van der Waals surface area contributed by atoms with E-state index < -0.39 is 18.0 Å². The molecule has 0 bridgehead atoms. The van der Waals surface area contributed by atoms with E-state index >= 15 is 0 Å². The number of rotatable bonds is 6. The Morgan fingerprint density at radius 3 is 2.65 bits per heavy atom. The molecule has 0 fully saturated rings. The van der Waals surface area contributed by atoms with Crippen molar-refractivity contribution in [1.29, 1.82) is 0 Å². The van der Waals surface area contributed by atoms with Crippen LogP contribution in [0.15, 0.2) is 18.2 Å². The number of aryl methyl sites for hydroxylation is 1. The lowest BCUT2D eigenvalue weighted by molar-refractivity contribution is -0.139. The summed E-state index contributed by atoms with van der Waals surface area (Å²) in [5.41, 5.74) is 1.76. The van der Waals surface area contributed by atoms with Gasteiger partial charge in [-0.3, -0.25) is 0 Å². The van der Waals surface area contributed by atoms with Gasteiger partial charge < -0.3 is 15.7 Å². The van der Waals surface area contributed by atoms with Crippen LogP contribution in [0.4, 0.5) is 9.18 Å². The lowest BCUT2D eigenvalue weighted by atomic mass is 10.1. The predicted molar refractivity (Wildman–Crippen MR) is 73.1 cm³/mol. The van der Waals surface area contributed by atoms with Gasteiger partial charge >= 0.3 is 12.0 Å². The number of urea groups is 1. The van der Waals surface area contributed by atoms with Gasteiger partial charge in [-0.2, -0.15) is 0 Å². The highest BCUT2D eigenvalue weighted by Crippen LogP contribution is 2.10. The van der Waals surface area contributed by atoms with Gasteiger partial charge in [-0.15, -0.1) is 0 Å². The van der Waals surface area contributed by atoms with E-state index in [2.05, 4.69) is 10.6 Å². The summed E-state index contributed by atoms with van der Waals surface area (Å²) in [5.74, 6) is -1.35. The van der Waals surface area contributed by atoms with Crippen LogP contribution in [0.2, 0.25) is 0 Å². The van der Waals surface area contributed by atoms with Crippen molar-refractivity contribution in [3.63, 3.8) is 0 Å². The molecule has 0 spiro atoms. The maximum Gasteiger partial charge on any atom is 0.326 e. The van der Waals surface area contributed by atoms with Crippen molar-refractivity contribution < 1.29 is 19.1 Å². The molecule has 0 unspecified atom stereocenters. The molecule has 0 saturated carbocycles. The van der Waals surface area contributed by atoms with Crippen molar-refractivity contribution in [2.24, 2.45) is 0 Å². The van der Waals surface area contributed by atoms with Gasteiger partial charge in [0, 0.05) is 6.54 Å². The van der Waals surface area contributed by atoms with E-state index in [0.717, 1.165) is 11.1 Å². The standard InChI is InChI=1S/C14H19FN2O3/c1-3-12(13(18)19)17-14(20)16-7-6-10-4-5-11(15)8-9(10)2/h4-5,8,12H,3,6-7H2,1-2H3,(H,18,19)(H2,16,17,20)/t12-/m1/s1. The third-order valence-corrected chi connectivity index (χ3v) is 3.00. The summed E-state index contributed by atoms with van der Waals surface area (Å²) < 4.78 is 12.9. The molecule has 1 atom stereocenters. The lowest BCUT2D eigenvalue weighted by Crippen LogP contribution is -2.46. The molecule has 0 heterocycles. The van der Waals surface area contributed by atoms with Crippen LogP contribution >= 0.6 is 0 Å². The minimum Gasteiger partial charge on any atom is -0.480 e. The Kier molecular flexibility index (Phi) is 5.96. The Bertz CT molecular complexity index is 491. The van der Waals surface area contributed by atoms with E-state index in [4.69, 9.17) is 5.11 Å². The number of nitrogens with one attached hydrogen (secondary N) is 2. The topological polar surface area (TPSA) is 78.4 Å². The van der Waals surface area contributed by atoms with Crippen molar-refractivity contribution in [2.45, 2.75) is 32.7 Å². The summed E-state index contributed by atoms with van der Waals surface area (Å²) >= 11 is 0. The molecule has 6 heteroatoms. The highest BCUT2D eigenvalue weighted by molar-refractivity contribution is 5.82. The Morgan fingerprint density at radius 1 is 1.40 bits per heavy atom. The summed E-state index contributed by atoms with van der Waals surface area (Å²) in [6.07, 6.45) is 0.878. The molecular weight excluding hydrogens is 263 g/mol. The zero-order valence-corrected chi connectivity index (χ0v) is 11.6. The average molecular weight is 282 g/mol. The Hall–Kier alpha value is -2.11. The first kappa shape index (κ1) is 15.9. The number of carboxylic acid groups (broad SMARTS) is 1. The normalized spacial score (nSPS) is 11.8. The molecule has 5 nitrogen and oxygen atoms in total. The van der Waals surface area contributed by atoms with Gasteiger partial charge in [0.2, 0.25) is 0 Å². The average Bonchev–Trinajstić information content (AvgIpc) is 2.38. The van der Waals surface area contributed by atoms with Crippen molar-refractivity contribution >= 4 is 12.0 Å². The van der Waals surface area contributed by atoms with Crippen molar-refractivity contribution in [3.05, 3.63) is 35.1 Å². The molecule has 0 aliphatic carbocycles. The summed E-state index contributed by atoms with van der Waals surface area (Å²) in [7, 11) is 0. The summed E-state index contributed by atoms with van der Waals surface area (Å²) in [6.45, 7) is 3.84. The summed E-state index contributed by atoms with van der Waals surface area (Å²) in [5, 5.41) is 13.8. The molecule has 3 N–H and O–H groups in total. The Morgan fingerprint density at radius 2 is 2.10 bits per heavy atom. The third kappa shape index (κ3) is 4.87. The van der Waals surface area contributed by atoms with Crippen LogP contribution in [0.1, 0.15) is 24.5 Å². The van der Waals surface area contributed by atoms with Crippen LogP contribution in [0.5, 0.6) is 0 Å². The fourth-order valence-electron chi connectivity index (χ4n) is 1.80. The van der Waals surface area contributed by atoms with Gasteiger partial charge in [-0.1, -0.05) is 13.0 Å². The summed E-state index contributed by atoms with van der Waals surface area (Å²) in [6, 6.07) is 3.09. The number of carboxylic acids is 1. The maximum absolute atomic E-state index is 12.9.